The average Bonchev–Trinajstić information content (AvgIpc) is 2.63. The molecule has 1 rings (SSSR count). The third-order valence-corrected chi connectivity index (χ3v) is 3.79. The fraction of sp³-hybridized carbons (Fsp3) is 0.478. The first-order valence-corrected chi connectivity index (χ1v) is 9.22. The van der Waals surface area contributed by atoms with Crippen molar-refractivity contribution in [2.75, 3.05) is 6.54 Å². The molecule has 0 amide bonds. The van der Waals surface area contributed by atoms with Crippen molar-refractivity contribution in [1.29, 1.82) is 0 Å². The van der Waals surface area contributed by atoms with Crippen molar-refractivity contribution in [3.05, 3.63) is 65.4 Å². The van der Waals surface area contributed by atoms with E-state index in [-0.39, 0.29) is 6.15 Å². The van der Waals surface area contributed by atoms with Crippen molar-refractivity contribution in [3.63, 3.8) is 0 Å². The lowest BCUT2D eigenvalue weighted by Gasteiger charge is -2.06. The van der Waals surface area contributed by atoms with Gasteiger partial charge in [-0.3, -0.25) is 0 Å². The van der Waals surface area contributed by atoms with E-state index in [1.807, 2.05) is 26.8 Å². The normalized spacial score (nSPS) is 10.4. The van der Waals surface area contributed by atoms with Crippen molar-refractivity contribution in [1.82, 2.24) is 11.5 Å². The molecule has 0 bridgehead atoms. The number of aryl methyl sites for hydroxylation is 1. The highest BCUT2D eigenvalue weighted by atomic mass is 14.9. The van der Waals surface area contributed by atoms with E-state index < -0.39 is 0 Å². The molecule has 0 saturated carbocycles. The third kappa shape index (κ3) is 14.3. The van der Waals surface area contributed by atoms with E-state index in [1.54, 1.807) is 0 Å². The first kappa shape index (κ1) is 28.0. The Morgan fingerprint density at radius 3 is 1.96 bits per heavy atom. The second-order valence-electron chi connectivity index (χ2n) is 5.53. The Kier molecular flexibility index (Phi) is 20.8. The standard InChI is InChI=1S/C13H18.C8H15N.C2H6.H3N/c1-5-11(3)12(4)13-8-6-10(2)7-9-13;1-4-6-7-9-8(3)5-2;1-2;/h6-9H,5H2,1-4H3;4,6,9H,3,5,7H2,1-2H3;1-2H3;1H3/b12-11-;6-4-;;. The van der Waals surface area contributed by atoms with Gasteiger partial charge in [0.05, 0.1) is 0 Å². The molecule has 0 aliphatic heterocycles. The summed E-state index contributed by atoms with van der Waals surface area (Å²) in [6.07, 6.45) is 6.24. The molecule has 4 N–H and O–H groups in total. The smallest absolute Gasteiger partial charge is 0.0327 e. The molecule has 0 aliphatic rings. The van der Waals surface area contributed by atoms with Crippen LogP contribution in [0.4, 0.5) is 0 Å². The minimum atomic E-state index is 0. The summed E-state index contributed by atoms with van der Waals surface area (Å²) in [5.74, 6) is 0. The van der Waals surface area contributed by atoms with Crippen molar-refractivity contribution in [2.45, 2.75) is 68.2 Å². The summed E-state index contributed by atoms with van der Waals surface area (Å²) in [7, 11) is 0. The maximum atomic E-state index is 3.80. The Morgan fingerprint density at radius 1 is 1.04 bits per heavy atom. The van der Waals surface area contributed by atoms with Crippen LogP contribution in [0.1, 0.15) is 72.4 Å². The summed E-state index contributed by atoms with van der Waals surface area (Å²) < 4.78 is 0. The maximum Gasteiger partial charge on any atom is 0.0327 e. The van der Waals surface area contributed by atoms with Gasteiger partial charge in [-0.15, -0.1) is 0 Å². The van der Waals surface area contributed by atoms with Crippen LogP contribution in [-0.2, 0) is 0 Å². The van der Waals surface area contributed by atoms with E-state index in [0.29, 0.717) is 0 Å². The highest BCUT2D eigenvalue weighted by molar-refractivity contribution is 5.66. The number of nitrogens with one attached hydrogen (secondary N) is 1. The number of hydrogen-bond donors (Lipinski definition) is 2. The number of hydrogen-bond acceptors (Lipinski definition) is 2. The SMILES string of the molecule is C=C(CC)NC/C=C\C.CC.CC/C(C)=C(/C)c1ccc(C)cc1.N. The van der Waals surface area contributed by atoms with E-state index in [2.05, 4.69) is 76.9 Å². The van der Waals surface area contributed by atoms with Gasteiger partial charge in [-0.2, -0.15) is 0 Å². The molecule has 1 aromatic rings. The van der Waals surface area contributed by atoms with Crippen LogP contribution in [0.3, 0.4) is 0 Å². The first-order valence-electron chi connectivity index (χ1n) is 9.22. The number of allylic oxidation sites excluding steroid dienone is 4. The molecule has 0 aromatic heterocycles. The lowest BCUT2D eigenvalue weighted by Crippen LogP contribution is -2.10. The summed E-state index contributed by atoms with van der Waals surface area (Å²) in [6, 6.07) is 8.73. The predicted molar refractivity (Wildman–Crippen MR) is 118 cm³/mol. The van der Waals surface area contributed by atoms with Crippen LogP contribution in [0.2, 0.25) is 0 Å². The van der Waals surface area contributed by atoms with Gasteiger partial charge in [-0.1, -0.05) is 81.8 Å². The topological polar surface area (TPSA) is 47.0 Å². The molecule has 0 saturated heterocycles. The Bertz CT molecular complexity index is 493. The summed E-state index contributed by atoms with van der Waals surface area (Å²) in [5, 5.41) is 3.15. The van der Waals surface area contributed by atoms with E-state index in [4.69, 9.17) is 0 Å². The van der Waals surface area contributed by atoms with Crippen molar-refractivity contribution in [3.8, 4) is 0 Å². The molecule has 0 fully saturated rings. The van der Waals surface area contributed by atoms with Crippen molar-refractivity contribution < 1.29 is 0 Å². The van der Waals surface area contributed by atoms with Crippen LogP contribution in [0.25, 0.3) is 5.57 Å². The van der Waals surface area contributed by atoms with Crippen LogP contribution in [0, 0.1) is 6.92 Å². The Morgan fingerprint density at radius 2 is 1.56 bits per heavy atom. The molecule has 144 valence electrons. The highest BCUT2D eigenvalue weighted by Gasteiger charge is 1.97. The summed E-state index contributed by atoms with van der Waals surface area (Å²) >= 11 is 0. The molecule has 2 nitrogen and oxygen atoms in total. The van der Waals surface area contributed by atoms with Gasteiger partial charge in [0.25, 0.3) is 0 Å². The minimum absolute atomic E-state index is 0. The van der Waals surface area contributed by atoms with Crippen LogP contribution < -0.4 is 11.5 Å². The molecule has 0 heterocycles. The lowest BCUT2D eigenvalue weighted by molar-refractivity contribution is 0.849. The molecule has 0 spiro atoms. The van der Waals surface area contributed by atoms with Crippen molar-refractivity contribution >= 4 is 5.57 Å². The molecule has 25 heavy (non-hydrogen) atoms. The lowest BCUT2D eigenvalue weighted by atomic mass is 10.0. The molecular weight excluding hydrogens is 304 g/mol. The number of rotatable bonds is 6. The van der Waals surface area contributed by atoms with Gasteiger partial charge >= 0.3 is 0 Å². The molecule has 1 aromatic carbocycles. The first-order chi connectivity index (χ1) is 11.5. The second-order valence-corrected chi connectivity index (χ2v) is 5.53. The summed E-state index contributed by atoms with van der Waals surface area (Å²) in [5.41, 5.74) is 6.68. The molecule has 0 radical (unpaired) electrons. The fourth-order valence-electron chi connectivity index (χ4n) is 1.76. The predicted octanol–water partition coefficient (Wildman–Crippen LogP) is 7.46. The van der Waals surface area contributed by atoms with Gasteiger partial charge in [0.15, 0.2) is 0 Å². The Hall–Kier alpha value is -1.80. The van der Waals surface area contributed by atoms with E-state index in [1.165, 1.54) is 22.3 Å². The quantitative estimate of drug-likeness (QED) is 0.525. The Balaban J connectivity index is -0.000000358. The second kappa shape index (κ2) is 18.5. The molecule has 0 atom stereocenters. The van der Waals surface area contributed by atoms with Gasteiger partial charge in [0.2, 0.25) is 0 Å². The molecule has 0 unspecified atom stereocenters. The van der Waals surface area contributed by atoms with Crippen LogP contribution in [-0.4, -0.2) is 6.54 Å². The van der Waals surface area contributed by atoms with E-state index in [0.717, 1.165) is 25.1 Å². The largest absolute Gasteiger partial charge is 0.385 e. The van der Waals surface area contributed by atoms with Gasteiger partial charge in [-0.25, -0.2) is 0 Å². The fourth-order valence-corrected chi connectivity index (χ4v) is 1.76. The zero-order valence-corrected chi connectivity index (χ0v) is 18.0. The average molecular weight is 347 g/mol. The van der Waals surface area contributed by atoms with Gasteiger partial charge in [-0.05, 0) is 51.7 Å². The summed E-state index contributed by atoms with van der Waals surface area (Å²) in [6.45, 7) is 21.5. The van der Waals surface area contributed by atoms with Gasteiger partial charge in [0.1, 0.15) is 0 Å². The molecular formula is C23H42N2. The van der Waals surface area contributed by atoms with E-state index in [9.17, 15) is 0 Å². The highest BCUT2D eigenvalue weighted by Crippen LogP contribution is 2.19. The van der Waals surface area contributed by atoms with Crippen LogP contribution in [0.15, 0.2) is 54.3 Å². The zero-order valence-electron chi connectivity index (χ0n) is 18.0. The number of benzene rings is 1. The van der Waals surface area contributed by atoms with Crippen LogP contribution in [0.5, 0.6) is 0 Å². The molecule has 0 aliphatic carbocycles. The van der Waals surface area contributed by atoms with E-state index >= 15 is 0 Å². The third-order valence-electron chi connectivity index (χ3n) is 3.79. The van der Waals surface area contributed by atoms with Crippen LogP contribution >= 0.6 is 0 Å². The Labute approximate surface area is 157 Å². The van der Waals surface area contributed by atoms with Crippen molar-refractivity contribution in [2.24, 2.45) is 0 Å². The summed E-state index contributed by atoms with van der Waals surface area (Å²) in [4.78, 5) is 0. The molecule has 2 heteroatoms. The zero-order chi connectivity index (χ0) is 19.0. The van der Waals surface area contributed by atoms with Gasteiger partial charge in [0, 0.05) is 12.2 Å². The minimum Gasteiger partial charge on any atom is -0.385 e. The monoisotopic (exact) mass is 346 g/mol. The van der Waals surface area contributed by atoms with Gasteiger partial charge < -0.3 is 11.5 Å². The maximum absolute atomic E-state index is 3.80.